The predicted molar refractivity (Wildman–Crippen MR) is 53.8 cm³/mol. The molecule has 2 heteroatoms. The van der Waals surface area contributed by atoms with Gasteiger partial charge in [-0.3, -0.25) is 0 Å². The normalized spacial score (nSPS) is 28.0. The Labute approximate surface area is 79.1 Å². The first kappa shape index (κ1) is 8.57. The van der Waals surface area contributed by atoms with Gasteiger partial charge in [-0.05, 0) is 26.0 Å². The molecule has 0 amide bonds. The molecule has 1 aromatic carbocycles. The summed E-state index contributed by atoms with van der Waals surface area (Å²) < 4.78 is 5.65. The molecule has 13 heavy (non-hydrogen) atoms. The van der Waals surface area contributed by atoms with E-state index in [1.165, 1.54) is 5.69 Å². The molecule has 0 aromatic heterocycles. The Morgan fingerprint density at radius 2 is 1.92 bits per heavy atom. The van der Waals surface area contributed by atoms with Crippen molar-refractivity contribution >= 4 is 5.69 Å². The summed E-state index contributed by atoms with van der Waals surface area (Å²) >= 11 is 0. The van der Waals surface area contributed by atoms with Crippen molar-refractivity contribution < 1.29 is 4.74 Å². The highest BCUT2D eigenvalue weighted by Crippen LogP contribution is 2.23. The van der Waals surface area contributed by atoms with Crippen LogP contribution in [0.2, 0.25) is 0 Å². The van der Waals surface area contributed by atoms with E-state index < -0.39 is 0 Å². The van der Waals surface area contributed by atoms with Crippen LogP contribution in [0.25, 0.3) is 0 Å². The number of para-hydroxylation sites is 1. The number of rotatable bonds is 1. The maximum Gasteiger partial charge on any atom is 0.127 e. The third-order valence-electron chi connectivity index (χ3n) is 2.41. The third-order valence-corrected chi connectivity index (χ3v) is 2.41. The summed E-state index contributed by atoms with van der Waals surface area (Å²) in [6.07, 6.45) is 0.549. The second-order valence-electron chi connectivity index (χ2n) is 3.53. The summed E-state index contributed by atoms with van der Waals surface area (Å²) in [5.74, 6) is 0. The first-order valence-corrected chi connectivity index (χ1v) is 4.74. The van der Waals surface area contributed by atoms with E-state index >= 15 is 0 Å². The van der Waals surface area contributed by atoms with Crippen LogP contribution in [0.4, 0.5) is 5.69 Å². The van der Waals surface area contributed by atoms with Gasteiger partial charge in [-0.15, -0.1) is 0 Å². The minimum atomic E-state index is 0.206. The molecule has 2 rings (SSSR count). The molecule has 1 saturated heterocycles. The minimum absolute atomic E-state index is 0.206. The molecular weight excluding hydrogens is 162 g/mol. The monoisotopic (exact) mass is 177 g/mol. The number of hydrogen-bond acceptors (Lipinski definition) is 2. The smallest absolute Gasteiger partial charge is 0.127 e. The molecule has 2 nitrogen and oxygen atoms in total. The van der Waals surface area contributed by atoms with Crippen LogP contribution in [0.1, 0.15) is 13.8 Å². The van der Waals surface area contributed by atoms with E-state index in [4.69, 9.17) is 4.74 Å². The number of ether oxygens (including phenoxy) is 1. The van der Waals surface area contributed by atoms with Gasteiger partial charge in [-0.25, -0.2) is 0 Å². The minimum Gasteiger partial charge on any atom is -0.354 e. The lowest BCUT2D eigenvalue weighted by Gasteiger charge is -2.21. The van der Waals surface area contributed by atoms with Gasteiger partial charge in [0.25, 0.3) is 0 Å². The van der Waals surface area contributed by atoms with E-state index in [9.17, 15) is 0 Å². The van der Waals surface area contributed by atoms with Crippen LogP contribution in [0.5, 0.6) is 0 Å². The quantitative estimate of drug-likeness (QED) is 0.652. The van der Waals surface area contributed by atoms with E-state index in [1.54, 1.807) is 0 Å². The fourth-order valence-corrected chi connectivity index (χ4v) is 1.81. The molecule has 2 unspecified atom stereocenters. The van der Waals surface area contributed by atoms with Gasteiger partial charge in [0.15, 0.2) is 0 Å². The Kier molecular flexibility index (Phi) is 2.23. The molecule has 1 aromatic rings. The van der Waals surface area contributed by atoms with Crippen LogP contribution in [0, 0.1) is 0 Å². The summed E-state index contributed by atoms with van der Waals surface area (Å²) in [5, 5.41) is 0. The first-order chi connectivity index (χ1) is 6.27. The Balaban J connectivity index is 2.18. The van der Waals surface area contributed by atoms with Crippen molar-refractivity contribution in [1.29, 1.82) is 0 Å². The van der Waals surface area contributed by atoms with Gasteiger partial charge in [0.1, 0.15) is 6.23 Å². The van der Waals surface area contributed by atoms with Gasteiger partial charge < -0.3 is 9.64 Å². The van der Waals surface area contributed by atoms with Gasteiger partial charge in [0, 0.05) is 12.2 Å². The van der Waals surface area contributed by atoms with Crippen molar-refractivity contribution in [2.75, 3.05) is 11.4 Å². The zero-order chi connectivity index (χ0) is 9.26. The van der Waals surface area contributed by atoms with Crippen molar-refractivity contribution in [3.63, 3.8) is 0 Å². The Morgan fingerprint density at radius 3 is 2.46 bits per heavy atom. The van der Waals surface area contributed by atoms with Gasteiger partial charge >= 0.3 is 0 Å². The third kappa shape index (κ3) is 1.68. The highest BCUT2D eigenvalue weighted by molar-refractivity contribution is 5.47. The number of hydrogen-bond donors (Lipinski definition) is 0. The molecule has 0 radical (unpaired) electrons. The maximum absolute atomic E-state index is 5.65. The van der Waals surface area contributed by atoms with Crippen molar-refractivity contribution in [2.24, 2.45) is 0 Å². The average Bonchev–Trinajstić information content (AvgIpc) is 2.47. The molecule has 2 atom stereocenters. The number of anilines is 1. The standard InChI is InChI=1S/C11H15NO/c1-9-8-12(10(2)13-9)11-6-4-3-5-7-11/h3-7,9-10H,8H2,1-2H3. The lowest BCUT2D eigenvalue weighted by atomic mass is 10.3. The van der Waals surface area contributed by atoms with Gasteiger partial charge in [-0.1, -0.05) is 18.2 Å². The van der Waals surface area contributed by atoms with Crippen molar-refractivity contribution in [3.8, 4) is 0 Å². The predicted octanol–water partition coefficient (Wildman–Crippen LogP) is 2.26. The molecule has 0 saturated carbocycles. The second kappa shape index (κ2) is 3.38. The molecule has 70 valence electrons. The van der Waals surface area contributed by atoms with Crippen LogP contribution in [0.3, 0.4) is 0 Å². The summed E-state index contributed by atoms with van der Waals surface area (Å²) in [5.41, 5.74) is 1.25. The Hall–Kier alpha value is -1.02. The molecule has 1 aliphatic rings. The second-order valence-corrected chi connectivity index (χ2v) is 3.53. The number of benzene rings is 1. The van der Waals surface area contributed by atoms with Gasteiger partial charge in [-0.2, -0.15) is 0 Å². The molecule has 1 aliphatic heterocycles. The molecule has 0 bridgehead atoms. The summed E-state index contributed by atoms with van der Waals surface area (Å²) in [6.45, 7) is 5.20. The molecule has 1 fully saturated rings. The first-order valence-electron chi connectivity index (χ1n) is 4.74. The lowest BCUT2D eigenvalue weighted by Crippen LogP contribution is -2.27. The van der Waals surface area contributed by atoms with Crippen LogP contribution in [-0.2, 0) is 4.74 Å². The molecule has 1 heterocycles. The fourth-order valence-electron chi connectivity index (χ4n) is 1.81. The van der Waals surface area contributed by atoms with Gasteiger partial charge in [0.05, 0.1) is 6.10 Å². The average molecular weight is 177 g/mol. The van der Waals surface area contributed by atoms with Crippen LogP contribution < -0.4 is 4.90 Å². The van der Waals surface area contributed by atoms with Crippen molar-refractivity contribution in [3.05, 3.63) is 30.3 Å². The number of nitrogens with zero attached hydrogens (tertiary/aromatic N) is 1. The van der Waals surface area contributed by atoms with E-state index in [2.05, 4.69) is 43.0 Å². The van der Waals surface area contributed by atoms with Crippen LogP contribution >= 0.6 is 0 Å². The summed E-state index contributed by atoms with van der Waals surface area (Å²) in [4.78, 5) is 2.28. The molecular formula is C11H15NO. The lowest BCUT2D eigenvalue weighted by molar-refractivity contribution is 0.0706. The zero-order valence-electron chi connectivity index (χ0n) is 8.10. The van der Waals surface area contributed by atoms with Crippen LogP contribution in [0.15, 0.2) is 30.3 Å². The van der Waals surface area contributed by atoms with Crippen molar-refractivity contribution in [1.82, 2.24) is 0 Å². The largest absolute Gasteiger partial charge is 0.354 e. The van der Waals surface area contributed by atoms with Gasteiger partial charge in [0.2, 0.25) is 0 Å². The molecule has 0 aliphatic carbocycles. The van der Waals surface area contributed by atoms with Crippen LogP contribution in [-0.4, -0.2) is 18.9 Å². The fraction of sp³-hybridized carbons (Fsp3) is 0.455. The van der Waals surface area contributed by atoms with Crippen molar-refractivity contribution in [2.45, 2.75) is 26.2 Å². The highest BCUT2D eigenvalue weighted by Gasteiger charge is 2.26. The summed E-state index contributed by atoms with van der Waals surface area (Å²) in [7, 11) is 0. The topological polar surface area (TPSA) is 12.5 Å². The van der Waals surface area contributed by atoms with E-state index in [-0.39, 0.29) is 6.23 Å². The highest BCUT2D eigenvalue weighted by atomic mass is 16.5. The Morgan fingerprint density at radius 1 is 1.23 bits per heavy atom. The molecule has 0 spiro atoms. The van der Waals surface area contributed by atoms with E-state index in [0.717, 1.165) is 6.54 Å². The summed E-state index contributed by atoms with van der Waals surface area (Å²) in [6, 6.07) is 10.4. The zero-order valence-corrected chi connectivity index (χ0v) is 8.10. The Bertz CT molecular complexity index is 273. The molecule has 0 N–H and O–H groups in total. The van der Waals surface area contributed by atoms with E-state index in [0.29, 0.717) is 6.10 Å². The maximum atomic E-state index is 5.65. The SMILES string of the molecule is CC1CN(c2ccccc2)C(C)O1. The van der Waals surface area contributed by atoms with E-state index in [1.807, 2.05) is 6.07 Å².